The Morgan fingerprint density at radius 2 is 1.97 bits per heavy atom. The maximum Gasteiger partial charge on any atom is 0.327 e. The van der Waals surface area contributed by atoms with Crippen LogP contribution in [0.25, 0.3) is 11.2 Å². The predicted octanol–water partition coefficient (Wildman–Crippen LogP) is 1.49. The van der Waals surface area contributed by atoms with Crippen LogP contribution in [0.1, 0.15) is 23.0 Å². The van der Waals surface area contributed by atoms with Gasteiger partial charge in [-0.05, 0) is 24.3 Å². The Morgan fingerprint density at radius 1 is 1.22 bits per heavy atom. The number of benzene rings is 1. The monoisotopic (exact) mass is 475 g/mol. The zero-order chi connectivity index (χ0) is 23.1. The van der Waals surface area contributed by atoms with E-state index in [4.69, 9.17) is 5.73 Å². The van der Waals surface area contributed by atoms with Gasteiger partial charge in [-0.25, -0.2) is 14.8 Å². The zero-order valence-electron chi connectivity index (χ0n) is 17.0. The van der Waals surface area contributed by atoms with Gasteiger partial charge in [0, 0.05) is 22.8 Å². The fraction of sp³-hybridized carbons (Fsp3) is 0.263. The fourth-order valence-corrected chi connectivity index (χ4v) is 4.43. The minimum Gasteiger partial charge on any atom is -0.480 e. The number of carbonyl (C=O) groups is 2. The molecule has 1 aromatic carbocycles. The van der Waals surface area contributed by atoms with E-state index >= 15 is 0 Å². The van der Waals surface area contributed by atoms with Crippen LogP contribution in [0.5, 0.6) is 0 Å². The van der Waals surface area contributed by atoms with E-state index in [1.54, 1.807) is 35.1 Å². The van der Waals surface area contributed by atoms with Gasteiger partial charge in [0.05, 0.1) is 18.4 Å². The molecule has 6 N–H and O–H groups in total. The number of hydrogen-bond acceptors (Lipinski definition) is 10. The highest BCUT2D eigenvalue weighted by Crippen LogP contribution is 2.21. The lowest BCUT2D eigenvalue weighted by molar-refractivity contribution is -0.138. The van der Waals surface area contributed by atoms with Crippen molar-refractivity contribution in [1.29, 1.82) is 0 Å². The number of nitrogen functional groups attached to an aromatic ring is 1. The van der Waals surface area contributed by atoms with Gasteiger partial charge in [-0.3, -0.25) is 14.6 Å². The highest BCUT2D eigenvalue weighted by atomic mass is 33.1. The lowest BCUT2D eigenvalue weighted by Gasteiger charge is -2.14. The van der Waals surface area contributed by atoms with Crippen LogP contribution in [0.2, 0.25) is 0 Å². The molecule has 0 radical (unpaired) electrons. The molecule has 3 rings (SSSR count). The van der Waals surface area contributed by atoms with E-state index in [-0.39, 0.29) is 29.4 Å². The summed E-state index contributed by atoms with van der Waals surface area (Å²) in [6.07, 6.45) is 1.49. The molecule has 1 amide bonds. The van der Waals surface area contributed by atoms with Crippen molar-refractivity contribution in [2.45, 2.75) is 19.5 Å². The Hall–Kier alpha value is -3.32. The van der Waals surface area contributed by atoms with Crippen LogP contribution in [-0.4, -0.2) is 54.5 Å². The second kappa shape index (κ2) is 10.8. The molecule has 0 saturated heterocycles. The molecule has 0 aliphatic carbocycles. The van der Waals surface area contributed by atoms with Crippen LogP contribution in [-0.2, 0) is 11.3 Å². The van der Waals surface area contributed by atoms with Crippen molar-refractivity contribution in [3.8, 4) is 0 Å². The number of fused-ring (bicyclic) bond motifs is 1. The molecule has 0 saturated carbocycles. The first kappa shape index (κ1) is 23.3. The number of H-pyrrole nitrogens is 1. The van der Waals surface area contributed by atoms with Gasteiger partial charge in [-0.1, -0.05) is 28.5 Å². The van der Waals surface area contributed by atoms with Crippen molar-refractivity contribution in [3.05, 3.63) is 52.1 Å². The van der Waals surface area contributed by atoms with Crippen molar-refractivity contribution < 1.29 is 14.7 Å². The lowest BCUT2D eigenvalue weighted by atomic mass is 10.2. The number of aliphatic carboxylic acids is 1. The maximum absolute atomic E-state index is 12.4. The van der Waals surface area contributed by atoms with Crippen LogP contribution in [0.3, 0.4) is 0 Å². The first-order chi connectivity index (χ1) is 15.4. The van der Waals surface area contributed by atoms with Gasteiger partial charge in [-0.15, -0.1) is 0 Å². The number of amides is 1. The number of nitrogens with two attached hydrogens (primary N) is 1. The molecule has 11 nitrogen and oxygen atoms in total. The summed E-state index contributed by atoms with van der Waals surface area (Å²) in [6, 6.07) is 5.59. The van der Waals surface area contributed by atoms with E-state index in [9.17, 15) is 19.5 Å². The van der Waals surface area contributed by atoms with Crippen molar-refractivity contribution in [1.82, 2.24) is 25.3 Å². The van der Waals surface area contributed by atoms with Crippen LogP contribution >= 0.6 is 21.6 Å². The minimum absolute atomic E-state index is 0.0277. The van der Waals surface area contributed by atoms with Crippen molar-refractivity contribution in [2.24, 2.45) is 0 Å². The Balaban J connectivity index is 1.60. The number of aromatic nitrogens is 4. The molecule has 32 heavy (non-hydrogen) atoms. The Morgan fingerprint density at radius 3 is 2.66 bits per heavy atom. The summed E-state index contributed by atoms with van der Waals surface area (Å²) in [6.45, 7) is 2.26. The highest BCUT2D eigenvalue weighted by Gasteiger charge is 2.20. The van der Waals surface area contributed by atoms with Gasteiger partial charge in [0.15, 0.2) is 11.2 Å². The summed E-state index contributed by atoms with van der Waals surface area (Å²) < 4.78 is 0. The van der Waals surface area contributed by atoms with Gasteiger partial charge >= 0.3 is 5.97 Å². The minimum atomic E-state index is -1.07. The van der Waals surface area contributed by atoms with E-state index < -0.39 is 23.5 Å². The molecule has 3 aromatic rings. The van der Waals surface area contributed by atoms with Gasteiger partial charge in [0.25, 0.3) is 11.5 Å². The average molecular weight is 476 g/mol. The topological polar surface area (TPSA) is 176 Å². The van der Waals surface area contributed by atoms with Crippen molar-refractivity contribution in [3.63, 3.8) is 0 Å². The quantitative estimate of drug-likeness (QED) is 0.212. The number of hydrogen-bond donors (Lipinski definition) is 5. The summed E-state index contributed by atoms with van der Waals surface area (Å²) in [5, 5.41) is 15.0. The van der Waals surface area contributed by atoms with E-state index in [0.29, 0.717) is 16.9 Å². The van der Waals surface area contributed by atoms with Gasteiger partial charge in [0.2, 0.25) is 5.95 Å². The fourth-order valence-electron chi connectivity index (χ4n) is 2.60. The molecule has 0 unspecified atom stereocenters. The summed E-state index contributed by atoms with van der Waals surface area (Å²) in [5.41, 5.74) is 6.85. The number of carbonyl (C=O) groups excluding carboxylic acids is 1. The van der Waals surface area contributed by atoms with Gasteiger partial charge in [-0.2, -0.15) is 4.98 Å². The molecule has 2 aromatic heterocycles. The number of nitrogens with zero attached hydrogens (tertiary/aromatic N) is 3. The molecule has 0 bridgehead atoms. The summed E-state index contributed by atoms with van der Waals surface area (Å²) in [5.74, 6) is -0.435. The van der Waals surface area contributed by atoms with Crippen LogP contribution in [0.4, 0.5) is 11.6 Å². The molecule has 168 valence electrons. The van der Waals surface area contributed by atoms with E-state index in [1.165, 1.54) is 17.0 Å². The molecule has 13 heteroatoms. The number of carboxylic acids is 1. The lowest BCUT2D eigenvalue weighted by Crippen LogP contribution is -2.42. The molecule has 2 heterocycles. The second-order valence-electron chi connectivity index (χ2n) is 6.47. The molecule has 0 aliphatic heterocycles. The van der Waals surface area contributed by atoms with Crippen molar-refractivity contribution >= 4 is 56.3 Å². The van der Waals surface area contributed by atoms with Crippen LogP contribution in [0, 0.1) is 0 Å². The molecule has 0 spiro atoms. The Bertz CT molecular complexity index is 1170. The molecule has 0 fully saturated rings. The third kappa shape index (κ3) is 6.11. The first-order valence-corrected chi connectivity index (χ1v) is 12.0. The van der Waals surface area contributed by atoms with Gasteiger partial charge in [0.1, 0.15) is 6.04 Å². The summed E-state index contributed by atoms with van der Waals surface area (Å²) >= 11 is 0. The molecular weight excluding hydrogens is 454 g/mol. The molecular formula is C19H21N7O4S2. The smallest absolute Gasteiger partial charge is 0.327 e. The highest BCUT2D eigenvalue weighted by molar-refractivity contribution is 8.76. The largest absolute Gasteiger partial charge is 0.480 e. The standard InChI is InChI=1S/C19H21N7O4S2/c1-2-31-32-9-13(18(29)30)24-16(27)10-3-5-11(6-4-10)21-7-12-8-22-15-14(23-12)17(28)26-19(20)25-15/h3-6,8,13,21H,2,7,9H2,1H3,(H,24,27)(H,29,30)(H3,20,22,25,26,28)/t13-/m0/s1. The summed E-state index contributed by atoms with van der Waals surface area (Å²) in [4.78, 5) is 50.3. The molecule has 1 atom stereocenters. The van der Waals surface area contributed by atoms with Crippen LogP contribution in [0.15, 0.2) is 35.3 Å². The SMILES string of the molecule is CCSSC[C@H](NC(=O)c1ccc(NCc2cnc3nc(N)[nH]c(=O)c3n2)cc1)C(=O)O. The average Bonchev–Trinajstić information content (AvgIpc) is 2.77. The van der Waals surface area contributed by atoms with Gasteiger partial charge < -0.3 is 21.5 Å². The van der Waals surface area contributed by atoms with E-state index in [2.05, 4.69) is 30.6 Å². The zero-order valence-corrected chi connectivity index (χ0v) is 18.6. The van der Waals surface area contributed by atoms with E-state index in [0.717, 1.165) is 5.75 Å². The number of nitrogens with one attached hydrogen (secondary N) is 3. The normalized spacial score (nSPS) is 11.8. The Labute approximate surface area is 190 Å². The number of rotatable bonds is 10. The second-order valence-corrected chi connectivity index (χ2v) is 9.27. The Kier molecular flexibility index (Phi) is 7.89. The van der Waals surface area contributed by atoms with Crippen molar-refractivity contribution in [2.75, 3.05) is 22.6 Å². The number of anilines is 2. The van der Waals surface area contributed by atoms with Crippen LogP contribution < -0.4 is 21.9 Å². The third-order valence-electron chi connectivity index (χ3n) is 4.15. The van der Waals surface area contributed by atoms with E-state index in [1.807, 2.05) is 6.92 Å². The number of aromatic amines is 1. The summed E-state index contributed by atoms with van der Waals surface area (Å²) in [7, 11) is 2.94. The number of carboxylic acid groups (broad SMARTS) is 1. The molecule has 0 aliphatic rings. The third-order valence-corrected chi connectivity index (χ3v) is 6.63. The predicted molar refractivity (Wildman–Crippen MR) is 126 cm³/mol. The maximum atomic E-state index is 12.4. The first-order valence-electron chi connectivity index (χ1n) is 9.50.